The zero-order valence-corrected chi connectivity index (χ0v) is 37.4. The summed E-state index contributed by atoms with van der Waals surface area (Å²) in [7, 11) is 0. The van der Waals surface area contributed by atoms with Gasteiger partial charge in [-0.05, 0) is 116 Å². The van der Waals surface area contributed by atoms with Gasteiger partial charge < -0.3 is 9.47 Å². The van der Waals surface area contributed by atoms with Crippen LogP contribution in [-0.2, 0) is 0 Å². The van der Waals surface area contributed by atoms with E-state index in [2.05, 4.69) is 264 Å². The van der Waals surface area contributed by atoms with Crippen LogP contribution in [0.25, 0.3) is 103 Å². The van der Waals surface area contributed by atoms with Crippen LogP contribution in [0.15, 0.2) is 255 Å². The van der Waals surface area contributed by atoms with E-state index in [0.29, 0.717) is 0 Å². The van der Waals surface area contributed by atoms with Crippen molar-refractivity contribution in [1.82, 2.24) is 4.57 Å². The molecule has 0 unspecified atom stereocenters. The molecule has 0 spiro atoms. The summed E-state index contributed by atoms with van der Waals surface area (Å²) < 4.78 is 5.09. The first-order chi connectivity index (χ1) is 33.2. The zero-order valence-electron chi connectivity index (χ0n) is 36.6. The summed E-state index contributed by atoms with van der Waals surface area (Å²) in [4.78, 5) is 2.39. The van der Waals surface area contributed by atoms with Gasteiger partial charge in [0.05, 0.1) is 21.4 Å². The predicted molar refractivity (Wildman–Crippen MR) is 288 cm³/mol. The normalized spacial score (nSPS) is 11.6. The van der Waals surface area contributed by atoms with Crippen LogP contribution in [0, 0.1) is 0 Å². The van der Waals surface area contributed by atoms with E-state index in [9.17, 15) is 0 Å². The van der Waals surface area contributed by atoms with Crippen LogP contribution in [0.5, 0.6) is 0 Å². The number of nitrogens with zero attached hydrogens (tertiary/aromatic N) is 2. The molecule has 0 aliphatic rings. The van der Waals surface area contributed by atoms with Gasteiger partial charge in [-0.3, -0.25) is 0 Å². The van der Waals surface area contributed by atoms with Crippen LogP contribution in [-0.4, -0.2) is 4.57 Å². The Hall–Kier alpha value is -8.50. The van der Waals surface area contributed by atoms with Crippen LogP contribution in [0.1, 0.15) is 0 Å². The number of benzene rings is 11. The molecule has 67 heavy (non-hydrogen) atoms. The van der Waals surface area contributed by atoms with Gasteiger partial charge in [-0.1, -0.05) is 194 Å². The fraction of sp³-hybridized carbons (Fsp3) is 0. The van der Waals surface area contributed by atoms with E-state index < -0.39 is 0 Å². The topological polar surface area (TPSA) is 8.17 Å². The van der Waals surface area contributed by atoms with Crippen molar-refractivity contribution in [2.45, 2.75) is 0 Å². The molecular formula is C64H42N2S. The molecule has 0 bridgehead atoms. The fourth-order valence-corrected chi connectivity index (χ4v) is 11.4. The minimum Gasteiger partial charge on any atom is -0.310 e. The number of thiophene rings is 1. The van der Waals surface area contributed by atoms with Gasteiger partial charge in [0, 0.05) is 43.3 Å². The Morgan fingerprint density at radius 2 is 0.836 bits per heavy atom. The van der Waals surface area contributed by atoms with Gasteiger partial charge in [0.15, 0.2) is 0 Å². The number of para-hydroxylation sites is 1. The molecular weight excluding hydrogens is 829 g/mol. The van der Waals surface area contributed by atoms with Crippen molar-refractivity contribution in [3.8, 4) is 50.2 Å². The maximum atomic E-state index is 2.48. The van der Waals surface area contributed by atoms with E-state index in [-0.39, 0.29) is 0 Å². The minimum atomic E-state index is 1.09. The van der Waals surface area contributed by atoms with Gasteiger partial charge in [0.2, 0.25) is 0 Å². The average molecular weight is 871 g/mol. The third-order valence-electron chi connectivity index (χ3n) is 13.4. The standard InChI is InChI=1S/C64H42N2S/c1-2-14-43(15-3-1)45-34-38-50(39-35-45)65(51-40-36-46(37-41-51)44-30-32-48(33-31-44)54-23-11-17-47-16-4-5-20-53(47)54)52-19-10-18-49(42-52)55-24-12-27-60-63(55)58-22-6-8-26-59(58)66(60)61-28-13-25-57-56-21-7-9-29-62(56)67-64(57)61/h1-42H. The summed E-state index contributed by atoms with van der Waals surface area (Å²) in [6, 6.07) is 93.0. The highest BCUT2D eigenvalue weighted by molar-refractivity contribution is 7.26. The quantitative estimate of drug-likeness (QED) is 0.148. The molecule has 0 amide bonds. The molecule has 0 radical (unpaired) electrons. The van der Waals surface area contributed by atoms with Crippen LogP contribution in [0.2, 0.25) is 0 Å². The molecule has 0 fully saturated rings. The average Bonchev–Trinajstić information content (AvgIpc) is 3.96. The summed E-state index contributed by atoms with van der Waals surface area (Å²) in [6.07, 6.45) is 0. The molecule has 2 nitrogen and oxygen atoms in total. The number of hydrogen-bond acceptors (Lipinski definition) is 2. The molecule has 2 aromatic heterocycles. The molecule has 0 aliphatic carbocycles. The van der Waals surface area contributed by atoms with Crippen molar-refractivity contribution < 1.29 is 0 Å². The third-order valence-corrected chi connectivity index (χ3v) is 14.6. The van der Waals surface area contributed by atoms with Crippen molar-refractivity contribution in [3.63, 3.8) is 0 Å². The Balaban J connectivity index is 0.916. The largest absolute Gasteiger partial charge is 0.310 e. The van der Waals surface area contributed by atoms with E-state index in [1.165, 1.54) is 103 Å². The first kappa shape index (κ1) is 38.9. The molecule has 0 atom stereocenters. The van der Waals surface area contributed by atoms with Crippen molar-refractivity contribution in [2.24, 2.45) is 0 Å². The molecule has 13 aromatic rings. The van der Waals surface area contributed by atoms with Crippen molar-refractivity contribution >= 4 is 81.1 Å². The molecule has 11 aromatic carbocycles. The van der Waals surface area contributed by atoms with Gasteiger partial charge in [-0.25, -0.2) is 0 Å². The lowest BCUT2D eigenvalue weighted by atomic mass is 9.96. The second kappa shape index (κ2) is 16.2. The summed E-state index contributed by atoms with van der Waals surface area (Å²) in [6.45, 7) is 0. The molecule has 0 N–H and O–H groups in total. The first-order valence-corrected chi connectivity index (χ1v) is 23.7. The van der Waals surface area contributed by atoms with Crippen LogP contribution < -0.4 is 4.90 Å². The Kier molecular flexibility index (Phi) is 9.40. The van der Waals surface area contributed by atoms with Gasteiger partial charge in [-0.2, -0.15) is 0 Å². The third kappa shape index (κ3) is 6.71. The van der Waals surface area contributed by atoms with E-state index in [1.807, 2.05) is 11.3 Å². The summed E-state index contributed by atoms with van der Waals surface area (Å²) in [5.41, 5.74) is 16.5. The molecule has 2 heterocycles. The molecule has 13 rings (SSSR count). The van der Waals surface area contributed by atoms with Crippen molar-refractivity contribution in [1.29, 1.82) is 0 Å². The Labute approximate surface area is 393 Å². The smallest absolute Gasteiger partial charge is 0.0640 e. The molecule has 3 heteroatoms. The van der Waals surface area contributed by atoms with Crippen LogP contribution >= 0.6 is 11.3 Å². The van der Waals surface area contributed by atoms with Crippen LogP contribution in [0.4, 0.5) is 17.1 Å². The molecule has 0 saturated heterocycles. The fourth-order valence-electron chi connectivity index (χ4n) is 10.2. The maximum absolute atomic E-state index is 2.48. The Bertz CT molecular complexity index is 3950. The van der Waals surface area contributed by atoms with E-state index in [1.54, 1.807) is 0 Å². The number of fused-ring (bicyclic) bond motifs is 7. The van der Waals surface area contributed by atoms with Crippen molar-refractivity contribution in [3.05, 3.63) is 255 Å². The van der Waals surface area contributed by atoms with Crippen LogP contribution in [0.3, 0.4) is 0 Å². The SMILES string of the molecule is c1ccc(-c2ccc(N(c3ccc(-c4ccc(-c5cccc6ccccc56)cc4)cc3)c3cccc(-c4cccc5c4c4ccccc4n5-c4cccc5c4sc4ccccc45)c3)cc2)cc1. The lowest BCUT2D eigenvalue weighted by molar-refractivity contribution is 1.20. The van der Waals surface area contributed by atoms with Gasteiger partial charge in [0.25, 0.3) is 0 Å². The number of rotatable bonds is 8. The van der Waals surface area contributed by atoms with Crippen molar-refractivity contribution in [2.75, 3.05) is 4.90 Å². The van der Waals surface area contributed by atoms with Gasteiger partial charge in [-0.15, -0.1) is 11.3 Å². The second-order valence-electron chi connectivity index (χ2n) is 17.3. The molecule has 0 saturated carbocycles. The molecule has 0 aliphatic heterocycles. The monoisotopic (exact) mass is 870 g/mol. The predicted octanol–water partition coefficient (Wildman–Crippen LogP) is 18.4. The number of aromatic nitrogens is 1. The number of hydrogen-bond donors (Lipinski definition) is 0. The Morgan fingerprint density at radius 1 is 0.313 bits per heavy atom. The van der Waals surface area contributed by atoms with E-state index >= 15 is 0 Å². The van der Waals surface area contributed by atoms with Gasteiger partial charge in [0.1, 0.15) is 0 Å². The summed E-state index contributed by atoms with van der Waals surface area (Å²) in [5, 5.41) is 7.63. The van der Waals surface area contributed by atoms with E-state index in [4.69, 9.17) is 0 Å². The molecule has 314 valence electrons. The summed E-state index contributed by atoms with van der Waals surface area (Å²) >= 11 is 1.88. The second-order valence-corrected chi connectivity index (χ2v) is 18.3. The zero-order chi connectivity index (χ0) is 44.3. The summed E-state index contributed by atoms with van der Waals surface area (Å²) in [5.74, 6) is 0. The van der Waals surface area contributed by atoms with E-state index in [0.717, 1.165) is 17.1 Å². The van der Waals surface area contributed by atoms with Gasteiger partial charge >= 0.3 is 0 Å². The highest BCUT2D eigenvalue weighted by Gasteiger charge is 2.20. The lowest BCUT2D eigenvalue weighted by Crippen LogP contribution is -2.10. The number of anilines is 3. The Morgan fingerprint density at radius 3 is 1.61 bits per heavy atom. The highest BCUT2D eigenvalue weighted by Crippen LogP contribution is 2.45. The minimum absolute atomic E-state index is 1.09. The first-order valence-electron chi connectivity index (χ1n) is 22.9. The lowest BCUT2D eigenvalue weighted by Gasteiger charge is -2.26. The highest BCUT2D eigenvalue weighted by atomic mass is 32.1. The maximum Gasteiger partial charge on any atom is 0.0640 e.